The van der Waals surface area contributed by atoms with Gasteiger partial charge in [0.25, 0.3) is 5.91 Å². The van der Waals surface area contributed by atoms with Crippen LogP contribution in [0.4, 0.5) is 15.8 Å². The van der Waals surface area contributed by atoms with E-state index in [2.05, 4.69) is 5.32 Å². The van der Waals surface area contributed by atoms with Crippen LogP contribution in [0.25, 0.3) is 0 Å². The number of nitrogens with zero attached hydrogens (tertiary/aromatic N) is 1. The Bertz CT molecular complexity index is 908. The van der Waals surface area contributed by atoms with Crippen LogP contribution in [0.2, 0.25) is 0 Å². The molecule has 0 radical (unpaired) electrons. The molecule has 5 nitrogen and oxygen atoms in total. The zero-order valence-corrected chi connectivity index (χ0v) is 15.2. The van der Waals surface area contributed by atoms with Crippen LogP contribution in [0, 0.1) is 5.82 Å². The lowest BCUT2D eigenvalue weighted by Crippen LogP contribution is -2.15. The van der Waals surface area contributed by atoms with Gasteiger partial charge in [-0.2, -0.15) is 0 Å². The van der Waals surface area contributed by atoms with Crippen LogP contribution in [0.5, 0.6) is 0 Å². The molecule has 1 amide bonds. The summed E-state index contributed by atoms with van der Waals surface area (Å²) in [4.78, 5) is 14.0. The van der Waals surface area contributed by atoms with Crippen molar-refractivity contribution < 1.29 is 18.3 Å². The molecule has 0 spiro atoms. The van der Waals surface area contributed by atoms with E-state index in [-0.39, 0.29) is 11.5 Å². The number of carbonyl (C=O) groups is 1. The Morgan fingerprint density at radius 2 is 1.96 bits per heavy atom. The summed E-state index contributed by atoms with van der Waals surface area (Å²) in [7, 11) is 3.50. The highest BCUT2D eigenvalue weighted by Gasteiger charge is 2.11. The van der Waals surface area contributed by atoms with E-state index in [9.17, 15) is 9.18 Å². The molecular weight excluding hydrogens is 347 g/mol. The Hall–Kier alpha value is -3.12. The third-order valence-corrected chi connectivity index (χ3v) is 3.97. The van der Waals surface area contributed by atoms with E-state index in [1.165, 1.54) is 6.07 Å². The van der Waals surface area contributed by atoms with Crippen molar-refractivity contribution in [2.24, 2.45) is 0 Å². The van der Waals surface area contributed by atoms with E-state index in [0.717, 1.165) is 11.3 Å². The second-order valence-corrected chi connectivity index (χ2v) is 6.29. The van der Waals surface area contributed by atoms with Crippen LogP contribution in [-0.2, 0) is 18.0 Å². The van der Waals surface area contributed by atoms with Gasteiger partial charge in [-0.15, -0.1) is 0 Å². The van der Waals surface area contributed by atoms with Gasteiger partial charge in [0, 0.05) is 25.3 Å². The van der Waals surface area contributed by atoms with Gasteiger partial charge in [-0.25, -0.2) is 4.39 Å². The van der Waals surface area contributed by atoms with Crippen LogP contribution in [0.3, 0.4) is 0 Å². The summed E-state index contributed by atoms with van der Waals surface area (Å²) >= 11 is 0. The summed E-state index contributed by atoms with van der Waals surface area (Å²) in [6.45, 7) is 0.762. The first-order chi connectivity index (χ1) is 13.0. The molecule has 1 N–H and O–H groups in total. The van der Waals surface area contributed by atoms with Crippen molar-refractivity contribution in [3.63, 3.8) is 0 Å². The first-order valence-electron chi connectivity index (χ1n) is 8.50. The number of anilines is 2. The van der Waals surface area contributed by atoms with Crippen LogP contribution in [-0.4, -0.2) is 20.0 Å². The molecule has 27 heavy (non-hydrogen) atoms. The first-order valence-corrected chi connectivity index (χ1v) is 8.50. The van der Waals surface area contributed by atoms with Crippen molar-refractivity contribution in [2.45, 2.75) is 13.2 Å². The second-order valence-electron chi connectivity index (χ2n) is 6.29. The normalized spacial score (nSPS) is 10.6. The molecule has 0 saturated carbocycles. The number of hydrogen-bond donors (Lipinski definition) is 1. The molecule has 0 saturated heterocycles. The van der Waals surface area contributed by atoms with Gasteiger partial charge in [0.2, 0.25) is 0 Å². The Balaban J connectivity index is 1.61. The number of nitrogens with one attached hydrogen (secondary N) is 1. The predicted octanol–water partition coefficient (Wildman–Crippen LogP) is 4.45. The number of hydrogen-bond acceptors (Lipinski definition) is 4. The molecule has 0 aliphatic carbocycles. The Morgan fingerprint density at radius 1 is 1.11 bits per heavy atom. The molecule has 3 aromatic rings. The highest BCUT2D eigenvalue weighted by molar-refractivity contribution is 6.04. The molecule has 6 heteroatoms. The summed E-state index contributed by atoms with van der Waals surface area (Å²) in [5.41, 5.74) is 2.23. The minimum Gasteiger partial charge on any atom is -0.467 e. The molecule has 0 bridgehead atoms. The van der Waals surface area contributed by atoms with E-state index < -0.39 is 5.82 Å². The molecule has 0 aliphatic heterocycles. The number of furan rings is 1. The maximum atomic E-state index is 14.1. The number of rotatable bonds is 7. The first kappa shape index (κ1) is 18.7. The van der Waals surface area contributed by atoms with Gasteiger partial charge in [-0.3, -0.25) is 4.79 Å². The summed E-state index contributed by atoms with van der Waals surface area (Å²) in [6, 6.07) is 15.4. The highest BCUT2D eigenvalue weighted by Crippen LogP contribution is 2.20. The van der Waals surface area contributed by atoms with E-state index in [1.54, 1.807) is 43.5 Å². The van der Waals surface area contributed by atoms with E-state index in [4.69, 9.17) is 9.15 Å². The maximum Gasteiger partial charge on any atom is 0.255 e. The minimum atomic E-state index is -0.437. The van der Waals surface area contributed by atoms with E-state index in [1.807, 2.05) is 30.3 Å². The molecule has 1 heterocycles. The average molecular weight is 368 g/mol. The summed E-state index contributed by atoms with van der Waals surface area (Å²) in [6.07, 6.45) is 1.60. The number of carbonyl (C=O) groups excluding carboxylic acids is 1. The van der Waals surface area contributed by atoms with Crippen molar-refractivity contribution in [3.05, 3.63) is 83.6 Å². The van der Waals surface area contributed by atoms with Gasteiger partial charge in [0.1, 0.15) is 18.2 Å². The molecule has 0 fully saturated rings. The van der Waals surface area contributed by atoms with Crippen molar-refractivity contribution in [1.29, 1.82) is 0 Å². The van der Waals surface area contributed by atoms with Gasteiger partial charge in [0.15, 0.2) is 0 Å². The van der Waals surface area contributed by atoms with Crippen LogP contribution >= 0.6 is 0 Å². The molecule has 0 atom stereocenters. The summed E-state index contributed by atoms with van der Waals surface area (Å²) in [5.74, 6) is -0.0526. The fraction of sp³-hybridized carbons (Fsp3) is 0.190. The average Bonchev–Trinajstić information content (AvgIpc) is 3.15. The number of amides is 1. The SMILES string of the molecule is CN(C)c1ccc(C(=O)Nc2cccc(COCc3ccco3)c2)cc1F. The van der Waals surface area contributed by atoms with E-state index >= 15 is 0 Å². The zero-order chi connectivity index (χ0) is 19.2. The lowest BCUT2D eigenvalue weighted by Gasteiger charge is -2.14. The molecule has 140 valence electrons. The lowest BCUT2D eigenvalue weighted by atomic mass is 10.1. The lowest BCUT2D eigenvalue weighted by molar-refractivity contribution is 0.0929. The third-order valence-electron chi connectivity index (χ3n) is 3.97. The Labute approximate surface area is 157 Å². The van der Waals surface area contributed by atoms with Crippen molar-refractivity contribution in [1.82, 2.24) is 0 Å². The van der Waals surface area contributed by atoms with Crippen molar-refractivity contribution in [2.75, 3.05) is 24.3 Å². The van der Waals surface area contributed by atoms with Crippen LogP contribution in [0.15, 0.2) is 65.3 Å². The number of benzene rings is 2. The van der Waals surface area contributed by atoms with Gasteiger partial charge < -0.3 is 19.4 Å². The maximum absolute atomic E-state index is 14.1. The predicted molar refractivity (Wildman–Crippen MR) is 102 cm³/mol. The minimum absolute atomic E-state index is 0.262. The molecular formula is C21H21FN2O3. The smallest absolute Gasteiger partial charge is 0.255 e. The van der Waals surface area contributed by atoms with Crippen LogP contribution in [0.1, 0.15) is 21.7 Å². The highest BCUT2D eigenvalue weighted by atomic mass is 19.1. The largest absolute Gasteiger partial charge is 0.467 e. The van der Waals surface area contributed by atoms with Gasteiger partial charge in [0.05, 0.1) is 18.6 Å². The Kier molecular flexibility index (Phi) is 5.88. The van der Waals surface area contributed by atoms with Gasteiger partial charge in [-0.05, 0) is 48.0 Å². The topological polar surface area (TPSA) is 54.7 Å². The molecule has 3 rings (SSSR count). The van der Waals surface area contributed by atoms with Crippen LogP contribution < -0.4 is 10.2 Å². The summed E-state index contributed by atoms with van der Waals surface area (Å²) in [5, 5.41) is 2.79. The quantitative estimate of drug-likeness (QED) is 0.669. The monoisotopic (exact) mass is 368 g/mol. The molecule has 1 aromatic heterocycles. The zero-order valence-electron chi connectivity index (χ0n) is 15.2. The van der Waals surface area contributed by atoms with Crippen molar-refractivity contribution >= 4 is 17.3 Å². The van der Waals surface area contributed by atoms with Gasteiger partial charge >= 0.3 is 0 Å². The fourth-order valence-corrected chi connectivity index (χ4v) is 2.62. The van der Waals surface area contributed by atoms with Gasteiger partial charge in [-0.1, -0.05) is 12.1 Å². The number of ether oxygens (including phenoxy) is 1. The molecule has 0 aliphatic rings. The third kappa shape index (κ3) is 4.95. The van der Waals surface area contributed by atoms with Crippen molar-refractivity contribution in [3.8, 4) is 0 Å². The standard InChI is InChI=1S/C21H21FN2O3/c1-24(2)20-9-8-16(12-19(20)22)21(25)23-17-6-3-5-15(11-17)13-26-14-18-7-4-10-27-18/h3-12H,13-14H2,1-2H3,(H,23,25). The number of halogens is 1. The van der Waals surface area contributed by atoms with E-state index in [0.29, 0.717) is 24.6 Å². The fourth-order valence-electron chi connectivity index (χ4n) is 2.62. The summed E-state index contributed by atoms with van der Waals surface area (Å²) < 4.78 is 24.9. The molecule has 2 aromatic carbocycles. The second kappa shape index (κ2) is 8.51. The Morgan fingerprint density at radius 3 is 2.67 bits per heavy atom. The molecule has 0 unspecified atom stereocenters.